The van der Waals surface area contributed by atoms with E-state index in [1.807, 2.05) is 31.2 Å². The zero-order valence-electron chi connectivity index (χ0n) is 21.1. The van der Waals surface area contributed by atoms with E-state index in [9.17, 15) is 28.2 Å². The zero-order valence-corrected chi connectivity index (χ0v) is 21.1. The standard InChI is InChI=1S/C27H33F3N2O6/c1-18-5-7-19(8-6-18)16-37-23-15-26(14-22(33)24(23)34,25(35)31-32-9-11-36-12-10-32)38-17-20-3-2-4-21(13-20)27(28,29)30/h2-8,13,22-24,33-34H,9-12,14-17H2,1H3,(H,31,35)/t22-,23?,24-,26+/m1/s1. The maximum Gasteiger partial charge on any atom is 0.416 e. The molecule has 38 heavy (non-hydrogen) atoms. The summed E-state index contributed by atoms with van der Waals surface area (Å²) in [6, 6.07) is 12.3. The van der Waals surface area contributed by atoms with Crippen LogP contribution in [0.15, 0.2) is 48.5 Å². The summed E-state index contributed by atoms with van der Waals surface area (Å²) in [5.74, 6) is -0.568. The number of nitrogens with one attached hydrogen (secondary N) is 1. The number of hydrogen-bond acceptors (Lipinski definition) is 7. The Labute approximate surface area is 219 Å². The van der Waals surface area contributed by atoms with Gasteiger partial charge in [-0.15, -0.1) is 0 Å². The fraction of sp³-hybridized carbons (Fsp3) is 0.519. The van der Waals surface area contributed by atoms with E-state index in [4.69, 9.17) is 14.2 Å². The fourth-order valence-electron chi connectivity index (χ4n) is 4.63. The van der Waals surface area contributed by atoms with Gasteiger partial charge in [0.25, 0.3) is 5.91 Å². The van der Waals surface area contributed by atoms with E-state index in [2.05, 4.69) is 5.43 Å². The molecule has 1 saturated heterocycles. The molecule has 0 aromatic heterocycles. The molecule has 3 N–H and O–H groups in total. The Morgan fingerprint density at radius 1 is 1.08 bits per heavy atom. The Morgan fingerprint density at radius 3 is 2.47 bits per heavy atom. The van der Waals surface area contributed by atoms with Crippen molar-refractivity contribution in [1.29, 1.82) is 0 Å². The van der Waals surface area contributed by atoms with E-state index in [0.29, 0.717) is 26.3 Å². The maximum atomic E-state index is 13.6. The molecule has 8 nitrogen and oxygen atoms in total. The maximum absolute atomic E-state index is 13.6. The molecule has 0 spiro atoms. The quantitative estimate of drug-likeness (QED) is 0.475. The molecule has 208 valence electrons. The van der Waals surface area contributed by atoms with Gasteiger partial charge in [-0.05, 0) is 30.2 Å². The van der Waals surface area contributed by atoms with Crippen molar-refractivity contribution in [1.82, 2.24) is 10.4 Å². The molecule has 2 aromatic rings. The predicted molar refractivity (Wildman–Crippen MR) is 131 cm³/mol. The Hall–Kier alpha value is -2.54. The monoisotopic (exact) mass is 538 g/mol. The molecule has 0 radical (unpaired) electrons. The van der Waals surface area contributed by atoms with Crippen molar-refractivity contribution in [3.05, 3.63) is 70.8 Å². The van der Waals surface area contributed by atoms with Crippen LogP contribution >= 0.6 is 0 Å². The van der Waals surface area contributed by atoms with Gasteiger partial charge in [0, 0.05) is 25.9 Å². The third-order valence-electron chi connectivity index (χ3n) is 6.88. The number of aliphatic hydroxyl groups is 2. The number of amides is 1. The van der Waals surface area contributed by atoms with Gasteiger partial charge in [-0.3, -0.25) is 10.2 Å². The van der Waals surface area contributed by atoms with Crippen LogP contribution in [-0.2, 0) is 38.4 Å². The van der Waals surface area contributed by atoms with Gasteiger partial charge in [0.1, 0.15) is 6.10 Å². The van der Waals surface area contributed by atoms with Crippen LogP contribution in [0.1, 0.15) is 35.1 Å². The van der Waals surface area contributed by atoms with Crippen molar-refractivity contribution in [2.75, 3.05) is 26.3 Å². The minimum Gasteiger partial charge on any atom is -0.390 e. The van der Waals surface area contributed by atoms with Crippen LogP contribution in [0.4, 0.5) is 13.2 Å². The predicted octanol–water partition coefficient (Wildman–Crippen LogP) is 2.73. The molecule has 1 heterocycles. The number of carbonyl (C=O) groups is 1. The molecule has 11 heteroatoms. The molecule has 0 bridgehead atoms. The number of nitrogens with zero attached hydrogens (tertiary/aromatic N) is 1. The van der Waals surface area contributed by atoms with Crippen LogP contribution in [0.3, 0.4) is 0 Å². The lowest BCUT2D eigenvalue weighted by Crippen LogP contribution is -2.63. The van der Waals surface area contributed by atoms with Crippen LogP contribution in [0.25, 0.3) is 0 Å². The van der Waals surface area contributed by atoms with Gasteiger partial charge in [-0.1, -0.05) is 42.0 Å². The largest absolute Gasteiger partial charge is 0.416 e. The number of carbonyl (C=O) groups excluding carboxylic acids is 1. The smallest absolute Gasteiger partial charge is 0.390 e. The molecule has 1 amide bonds. The van der Waals surface area contributed by atoms with E-state index in [0.717, 1.165) is 23.3 Å². The minimum atomic E-state index is -4.53. The number of aryl methyl sites for hydroxylation is 1. The normalized spacial score (nSPS) is 26.7. The summed E-state index contributed by atoms with van der Waals surface area (Å²) < 4.78 is 57.0. The van der Waals surface area contributed by atoms with Gasteiger partial charge < -0.3 is 24.4 Å². The number of alkyl halides is 3. The number of hydrogen-bond donors (Lipinski definition) is 3. The highest BCUT2D eigenvalue weighted by atomic mass is 19.4. The van der Waals surface area contributed by atoms with E-state index in [-0.39, 0.29) is 31.6 Å². The first-order chi connectivity index (χ1) is 18.1. The topological polar surface area (TPSA) is 100 Å². The van der Waals surface area contributed by atoms with Crippen molar-refractivity contribution in [2.45, 2.75) is 63.1 Å². The third-order valence-corrected chi connectivity index (χ3v) is 6.88. The van der Waals surface area contributed by atoms with Crippen LogP contribution < -0.4 is 5.43 Å². The number of benzene rings is 2. The van der Waals surface area contributed by atoms with Gasteiger partial charge in [-0.2, -0.15) is 13.2 Å². The average molecular weight is 539 g/mol. The Balaban J connectivity index is 1.55. The Bertz CT molecular complexity index is 1080. The Morgan fingerprint density at radius 2 is 1.79 bits per heavy atom. The van der Waals surface area contributed by atoms with Crippen molar-refractivity contribution in [2.24, 2.45) is 0 Å². The molecule has 1 saturated carbocycles. The first-order valence-electron chi connectivity index (χ1n) is 12.5. The number of halogens is 3. The number of rotatable bonds is 8. The average Bonchev–Trinajstić information content (AvgIpc) is 2.90. The summed E-state index contributed by atoms with van der Waals surface area (Å²) in [5.41, 5.74) is 2.44. The number of ether oxygens (including phenoxy) is 3. The highest BCUT2D eigenvalue weighted by Crippen LogP contribution is 2.36. The molecular formula is C27H33F3N2O6. The highest BCUT2D eigenvalue weighted by molar-refractivity contribution is 5.85. The molecule has 2 aromatic carbocycles. The molecule has 1 aliphatic carbocycles. The first kappa shape index (κ1) is 28.5. The van der Waals surface area contributed by atoms with Crippen molar-refractivity contribution in [3.63, 3.8) is 0 Å². The summed E-state index contributed by atoms with van der Waals surface area (Å²) in [6.45, 7) is 3.48. The van der Waals surface area contributed by atoms with E-state index < -0.39 is 41.6 Å². The van der Waals surface area contributed by atoms with Gasteiger partial charge >= 0.3 is 6.18 Å². The van der Waals surface area contributed by atoms with Crippen molar-refractivity contribution >= 4 is 5.91 Å². The van der Waals surface area contributed by atoms with Crippen LogP contribution in [0.5, 0.6) is 0 Å². The number of aliphatic hydroxyl groups excluding tert-OH is 2. The molecular weight excluding hydrogens is 505 g/mol. The molecule has 1 aliphatic heterocycles. The summed E-state index contributed by atoms with van der Waals surface area (Å²) >= 11 is 0. The second-order valence-electron chi connectivity index (χ2n) is 9.82. The molecule has 4 rings (SSSR count). The molecule has 2 fully saturated rings. The van der Waals surface area contributed by atoms with Gasteiger partial charge in [0.15, 0.2) is 5.60 Å². The third kappa shape index (κ3) is 7.10. The lowest BCUT2D eigenvalue weighted by Gasteiger charge is -2.44. The highest BCUT2D eigenvalue weighted by Gasteiger charge is 2.52. The molecule has 2 aliphatic rings. The second-order valence-corrected chi connectivity index (χ2v) is 9.82. The van der Waals surface area contributed by atoms with Crippen molar-refractivity contribution in [3.8, 4) is 0 Å². The summed E-state index contributed by atoms with van der Waals surface area (Å²) in [5, 5.41) is 23.1. The van der Waals surface area contributed by atoms with Crippen LogP contribution in [-0.4, -0.2) is 71.3 Å². The summed E-state index contributed by atoms with van der Waals surface area (Å²) in [4.78, 5) is 13.6. The van der Waals surface area contributed by atoms with E-state index in [1.165, 1.54) is 12.1 Å². The SMILES string of the molecule is Cc1ccc(COC2C[C@](OCc3cccc(C(F)(F)F)c3)(C(=O)NN3CCOCC3)C[C@@H](O)[C@H]2O)cc1. The summed E-state index contributed by atoms with van der Waals surface area (Å²) in [6.07, 6.45) is -8.48. The van der Waals surface area contributed by atoms with E-state index in [1.54, 1.807) is 5.01 Å². The van der Waals surface area contributed by atoms with Crippen molar-refractivity contribution < 1.29 is 42.4 Å². The van der Waals surface area contributed by atoms with Crippen LogP contribution in [0, 0.1) is 6.92 Å². The first-order valence-corrected chi connectivity index (χ1v) is 12.5. The Kier molecular flexibility index (Phi) is 9.07. The van der Waals surface area contributed by atoms with E-state index >= 15 is 0 Å². The van der Waals surface area contributed by atoms with Gasteiger partial charge in [0.05, 0.1) is 44.2 Å². The lowest BCUT2D eigenvalue weighted by atomic mass is 9.78. The number of hydrazine groups is 1. The molecule has 4 atom stereocenters. The summed E-state index contributed by atoms with van der Waals surface area (Å²) in [7, 11) is 0. The second kappa shape index (κ2) is 12.1. The van der Waals surface area contributed by atoms with Gasteiger partial charge in [0.2, 0.25) is 0 Å². The minimum absolute atomic E-state index is 0.105. The van der Waals surface area contributed by atoms with Crippen LogP contribution in [0.2, 0.25) is 0 Å². The fourth-order valence-corrected chi connectivity index (χ4v) is 4.63. The lowest BCUT2D eigenvalue weighted by molar-refractivity contribution is -0.203. The van der Waals surface area contributed by atoms with Gasteiger partial charge in [-0.25, -0.2) is 5.01 Å². The number of morpholine rings is 1. The molecule has 1 unspecified atom stereocenters. The zero-order chi connectivity index (χ0) is 27.3.